The van der Waals surface area contributed by atoms with Crippen molar-refractivity contribution in [1.29, 1.82) is 0 Å². The van der Waals surface area contributed by atoms with Gasteiger partial charge < -0.3 is 10.2 Å². The number of nitrogens with one attached hydrogen (secondary N) is 1. The van der Waals surface area contributed by atoms with Crippen LogP contribution in [0.4, 0.5) is 0 Å². The summed E-state index contributed by atoms with van der Waals surface area (Å²) < 4.78 is 24.5. The monoisotopic (exact) mass is 393 g/mol. The van der Waals surface area contributed by atoms with Crippen LogP contribution in [0.15, 0.2) is 35.3 Å². The Morgan fingerprint density at radius 1 is 1.19 bits per heavy atom. The van der Waals surface area contributed by atoms with E-state index < -0.39 is 9.84 Å². The maximum atomic E-state index is 12.3. The Bertz CT molecular complexity index is 681. The third kappa shape index (κ3) is 7.91. The van der Waals surface area contributed by atoms with Crippen LogP contribution in [0.1, 0.15) is 44.6 Å². The molecule has 6 heteroatoms. The highest BCUT2D eigenvalue weighted by molar-refractivity contribution is 7.90. The lowest BCUT2D eigenvalue weighted by Gasteiger charge is -2.31. The number of sulfone groups is 1. The summed E-state index contributed by atoms with van der Waals surface area (Å²) in [5, 5.41) is 3.32. The SMILES string of the molecule is CN=C(NCCCS(=O)(=O)Cc1ccccc1)N(C)CC1CCC(C)CC1. The zero-order chi connectivity index (χ0) is 19.7. The van der Waals surface area contributed by atoms with Gasteiger partial charge in [0.25, 0.3) is 0 Å². The summed E-state index contributed by atoms with van der Waals surface area (Å²) in [4.78, 5) is 6.53. The molecule has 0 heterocycles. The molecule has 1 aromatic carbocycles. The van der Waals surface area contributed by atoms with E-state index in [0.29, 0.717) is 13.0 Å². The summed E-state index contributed by atoms with van der Waals surface area (Å²) in [6, 6.07) is 9.37. The van der Waals surface area contributed by atoms with Crippen molar-refractivity contribution in [2.75, 3.05) is 32.9 Å². The number of hydrogen-bond acceptors (Lipinski definition) is 3. The van der Waals surface area contributed by atoms with Crippen LogP contribution in [0.2, 0.25) is 0 Å². The molecule has 0 aromatic heterocycles. The summed E-state index contributed by atoms with van der Waals surface area (Å²) in [5.74, 6) is 2.76. The summed E-state index contributed by atoms with van der Waals surface area (Å²) in [5.41, 5.74) is 0.850. The molecule has 1 fully saturated rings. The van der Waals surface area contributed by atoms with Gasteiger partial charge in [-0.2, -0.15) is 0 Å². The standard InChI is InChI=1S/C21H35N3O2S/c1-18-10-12-19(13-11-18)16-24(3)21(22-2)23-14-7-15-27(25,26)17-20-8-5-4-6-9-20/h4-6,8-9,18-19H,7,10-17H2,1-3H3,(H,22,23). The van der Waals surface area contributed by atoms with E-state index in [1.165, 1.54) is 25.7 Å². The van der Waals surface area contributed by atoms with Gasteiger partial charge in [0.05, 0.1) is 11.5 Å². The molecule has 152 valence electrons. The molecule has 0 atom stereocenters. The van der Waals surface area contributed by atoms with Crippen molar-refractivity contribution in [3.05, 3.63) is 35.9 Å². The van der Waals surface area contributed by atoms with Crippen LogP contribution in [0.25, 0.3) is 0 Å². The average molecular weight is 394 g/mol. The van der Waals surface area contributed by atoms with Crippen LogP contribution in [-0.2, 0) is 15.6 Å². The first-order valence-electron chi connectivity index (χ1n) is 10.1. The largest absolute Gasteiger partial charge is 0.356 e. The Morgan fingerprint density at radius 2 is 1.85 bits per heavy atom. The topological polar surface area (TPSA) is 61.8 Å². The first-order valence-corrected chi connectivity index (χ1v) is 11.9. The third-order valence-electron chi connectivity index (χ3n) is 5.39. The van der Waals surface area contributed by atoms with Gasteiger partial charge in [0.15, 0.2) is 15.8 Å². The van der Waals surface area contributed by atoms with Gasteiger partial charge in [-0.3, -0.25) is 4.99 Å². The second kappa shape index (κ2) is 10.7. The normalized spacial score (nSPS) is 21.1. The Labute approximate surface area is 165 Å². The Hall–Kier alpha value is -1.56. The van der Waals surface area contributed by atoms with E-state index in [1.807, 2.05) is 30.3 Å². The molecule has 0 amide bonds. The fourth-order valence-electron chi connectivity index (χ4n) is 3.76. The lowest BCUT2D eigenvalue weighted by molar-refractivity contribution is 0.250. The molecule has 1 saturated carbocycles. The van der Waals surface area contributed by atoms with Gasteiger partial charge in [-0.25, -0.2) is 8.42 Å². The van der Waals surface area contributed by atoms with E-state index in [9.17, 15) is 8.42 Å². The van der Waals surface area contributed by atoms with Gasteiger partial charge in [0.1, 0.15) is 0 Å². The van der Waals surface area contributed by atoms with Gasteiger partial charge in [0, 0.05) is 27.2 Å². The van der Waals surface area contributed by atoms with E-state index in [0.717, 1.165) is 29.9 Å². The van der Waals surface area contributed by atoms with Crippen LogP contribution in [0.3, 0.4) is 0 Å². The molecule has 1 aliphatic rings. The predicted molar refractivity (Wildman–Crippen MR) is 114 cm³/mol. The molecular weight excluding hydrogens is 358 g/mol. The molecule has 0 saturated heterocycles. The number of guanidine groups is 1. The summed E-state index contributed by atoms with van der Waals surface area (Å²) in [6.07, 6.45) is 5.82. The average Bonchev–Trinajstić information content (AvgIpc) is 2.64. The van der Waals surface area contributed by atoms with Crippen molar-refractivity contribution in [2.45, 2.75) is 44.8 Å². The van der Waals surface area contributed by atoms with E-state index in [-0.39, 0.29) is 11.5 Å². The number of hydrogen-bond donors (Lipinski definition) is 1. The second-order valence-electron chi connectivity index (χ2n) is 7.91. The van der Waals surface area contributed by atoms with Gasteiger partial charge in [-0.15, -0.1) is 0 Å². The number of aliphatic imine (C=N–C) groups is 1. The van der Waals surface area contributed by atoms with Crippen molar-refractivity contribution in [3.63, 3.8) is 0 Å². The molecular formula is C21H35N3O2S. The van der Waals surface area contributed by atoms with E-state index in [1.54, 1.807) is 7.05 Å². The van der Waals surface area contributed by atoms with Crippen molar-refractivity contribution in [3.8, 4) is 0 Å². The molecule has 27 heavy (non-hydrogen) atoms. The quantitative estimate of drug-likeness (QED) is 0.418. The summed E-state index contributed by atoms with van der Waals surface area (Å²) >= 11 is 0. The van der Waals surface area contributed by atoms with Crippen LogP contribution in [0, 0.1) is 11.8 Å². The maximum absolute atomic E-state index is 12.3. The molecule has 0 aliphatic heterocycles. The minimum atomic E-state index is -3.08. The molecule has 1 aliphatic carbocycles. The Kier molecular flexibility index (Phi) is 8.61. The van der Waals surface area contributed by atoms with Crippen molar-refractivity contribution in [2.24, 2.45) is 16.8 Å². The number of rotatable bonds is 8. The van der Waals surface area contributed by atoms with E-state index in [4.69, 9.17) is 0 Å². The van der Waals surface area contributed by atoms with Gasteiger partial charge in [-0.05, 0) is 36.7 Å². The molecule has 0 spiro atoms. The molecule has 1 aromatic rings. The third-order valence-corrected chi connectivity index (χ3v) is 7.07. The van der Waals surface area contributed by atoms with Crippen molar-refractivity contribution in [1.82, 2.24) is 10.2 Å². The zero-order valence-electron chi connectivity index (χ0n) is 17.0. The molecule has 0 bridgehead atoms. The molecule has 1 N–H and O–H groups in total. The van der Waals surface area contributed by atoms with Crippen LogP contribution in [-0.4, -0.2) is 52.2 Å². The number of benzene rings is 1. The molecule has 2 rings (SSSR count). The molecule has 5 nitrogen and oxygen atoms in total. The lowest BCUT2D eigenvalue weighted by atomic mass is 9.83. The minimum Gasteiger partial charge on any atom is -0.356 e. The van der Waals surface area contributed by atoms with E-state index >= 15 is 0 Å². The van der Waals surface area contributed by atoms with E-state index in [2.05, 4.69) is 29.2 Å². The van der Waals surface area contributed by atoms with Crippen LogP contribution < -0.4 is 5.32 Å². The zero-order valence-corrected chi connectivity index (χ0v) is 17.8. The first kappa shape index (κ1) is 21.7. The Morgan fingerprint density at radius 3 is 2.48 bits per heavy atom. The fraction of sp³-hybridized carbons (Fsp3) is 0.667. The molecule has 0 radical (unpaired) electrons. The highest BCUT2D eigenvalue weighted by Gasteiger charge is 2.20. The number of nitrogens with zero attached hydrogens (tertiary/aromatic N) is 2. The van der Waals surface area contributed by atoms with Gasteiger partial charge in [0.2, 0.25) is 0 Å². The first-order chi connectivity index (χ1) is 12.9. The smallest absolute Gasteiger partial charge is 0.193 e. The second-order valence-corrected chi connectivity index (χ2v) is 10.1. The van der Waals surface area contributed by atoms with Gasteiger partial charge >= 0.3 is 0 Å². The lowest BCUT2D eigenvalue weighted by Crippen LogP contribution is -2.42. The maximum Gasteiger partial charge on any atom is 0.193 e. The molecule has 0 unspecified atom stereocenters. The predicted octanol–water partition coefficient (Wildman–Crippen LogP) is 3.33. The highest BCUT2D eigenvalue weighted by Crippen LogP contribution is 2.28. The Balaban J connectivity index is 1.71. The van der Waals surface area contributed by atoms with Crippen molar-refractivity contribution < 1.29 is 8.42 Å². The summed E-state index contributed by atoms with van der Waals surface area (Å²) in [7, 11) is 0.774. The highest BCUT2D eigenvalue weighted by atomic mass is 32.2. The van der Waals surface area contributed by atoms with Crippen LogP contribution in [0.5, 0.6) is 0 Å². The van der Waals surface area contributed by atoms with Gasteiger partial charge in [-0.1, -0.05) is 50.1 Å². The fourth-order valence-corrected chi connectivity index (χ4v) is 5.19. The van der Waals surface area contributed by atoms with Crippen LogP contribution >= 0.6 is 0 Å². The summed E-state index contributed by atoms with van der Waals surface area (Å²) in [6.45, 7) is 3.97. The minimum absolute atomic E-state index is 0.114. The van der Waals surface area contributed by atoms with Crippen molar-refractivity contribution >= 4 is 15.8 Å².